The summed E-state index contributed by atoms with van der Waals surface area (Å²) in [4.78, 5) is 23.7. The van der Waals surface area contributed by atoms with Crippen LogP contribution in [-0.4, -0.2) is 57.1 Å². The normalized spacial score (nSPS) is 11.8. The minimum atomic E-state index is -1.17. The van der Waals surface area contributed by atoms with E-state index in [2.05, 4.69) is 21.1 Å². The summed E-state index contributed by atoms with van der Waals surface area (Å²) in [5.74, 6) is -0.0510. The van der Waals surface area contributed by atoms with Crippen molar-refractivity contribution in [3.8, 4) is 11.5 Å². The molecule has 0 radical (unpaired) electrons. The Morgan fingerprint density at radius 1 is 0.862 bits per heavy atom. The van der Waals surface area contributed by atoms with E-state index in [9.17, 15) is 14.7 Å². The molecule has 156 valence electrons. The van der Waals surface area contributed by atoms with Gasteiger partial charge in [-0.1, -0.05) is 13.8 Å². The SMILES string of the molecule is CC(C)(COc1ccc(C(=O)c2ccc(OCC[N+](C)(C)C)cc2)cc1)C(=O)[O-]. The first kappa shape index (κ1) is 22.4. The molecule has 0 spiro atoms. The molecule has 0 amide bonds. The quantitative estimate of drug-likeness (QED) is 0.452. The molecule has 2 rings (SSSR count). The first-order valence-corrected chi connectivity index (χ1v) is 9.50. The van der Waals surface area contributed by atoms with Crippen LogP contribution in [0.4, 0.5) is 0 Å². The molecule has 2 aromatic rings. The van der Waals surface area contributed by atoms with Crippen LogP contribution >= 0.6 is 0 Å². The molecule has 0 aliphatic carbocycles. The Hall–Kier alpha value is -2.86. The third-order valence-electron chi connectivity index (χ3n) is 4.42. The van der Waals surface area contributed by atoms with Crippen molar-refractivity contribution >= 4 is 11.8 Å². The van der Waals surface area contributed by atoms with Crippen LogP contribution in [0.15, 0.2) is 48.5 Å². The van der Waals surface area contributed by atoms with Gasteiger partial charge in [-0.3, -0.25) is 4.79 Å². The summed E-state index contributed by atoms with van der Waals surface area (Å²) in [5, 5.41) is 11.0. The number of rotatable bonds is 10. The van der Waals surface area contributed by atoms with Crippen LogP contribution in [0.5, 0.6) is 11.5 Å². The lowest BCUT2D eigenvalue weighted by molar-refractivity contribution is -0.870. The second-order valence-corrected chi connectivity index (χ2v) is 8.70. The molecule has 0 saturated heterocycles. The Morgan fingerprint density at radius 3 is 1.72 bits per heavy atom. The van der Waals surface area contributed by atoms with Crippen molar-refractivity contribution in [3.63, 3.8) is 0 Å². The molecule has 6 heteroatoms. The standard InChI is InChI=1S/C23H29NO5/c1-23(2,22(26)27)16-29-20-12-8-18(9-13-20)21(25)17-6-10-19(11-7-17)28-15-14-24(3,4)5/h6-13H,14-16H2,1-5H3. The van der Waals surface area contributed by atoms with Crippen molar-refractivity contribution < 1.29 is 28.7 Å². The van der Waals surface area contributed by atoms with Gasteiger partial charge in [0.25, 0.3) is 0 Å². The van der Waals surface area contributed by atoms with E-state index in [1.54, 1.807) is 48.5 Å². The largest absolute Gasteiger partial charge is 0.549 e. The van der Waals surface area contributed by atoms with Crippen LogP contribution < -0.4 is 14.6 Å². The number of ether oxygens (including phenoxy) is 2. The highest BCUT2D eigenvalue weighted by Gasteiger charge is 2.20. The number of carbonyl (C=O) groups is 2. The molecule has 0 atom stereocenters. The van der Waals surface area contributed by atoms with E-state index in [1.165, 1.54) is 13.8 Å². The first-order chi connectivity index (χ1) is 13.5. The van der Waals surface area contributed by atoms with E-state index in [4.69, 9.17) is 9.47 Å². The molecule has 0 heterocycles. The number of nitrogens with zero attached hydrogens (tertiary/aromatic N) is 1. The molecule has 6 nitrogen and oxygen atoms in total. The van der Waals surface area contributed by atoms with Crippen LogP contribution in [0.1, 0.15) is 29.8 Å². The zero-order chi connectivity index (χ0) is 21.7. The monoisotopic (exact) mass is 399 g/mol. The summed E-state index contributed by atoms with van der Waals surface area (Å²) in [6, 6.07) is 13.7. The van der Waals surface area contributed by atoms with Gasteiger partial charge in [-0.25, -0.2) is 0 Å². The van der Waals surface area contributed by atoms with Crippen molar-refractivity contribution in [1.29, 1.82) is 0 Å². The summed E-state index contributed by atoms with van der Waals surface area (Å²) >= 11 is 0. The lowest BCUT2D eigenvalue weighted by Crippen LogP contribution is -2.41. The molecule has 0 N–H and O–H groups in total. The van der Waals surface area contributed by atoms with Gasteiger partial charge < -0.3 is 23.9 Å². The summed E-state index contributed by atoms with van der Waals surface area (Å²) in [6.45, 7) is 4.55. The molecular formula is C23H29NO5. The fourth-order valence-corrected chi connectivity index (χ4v) is 2.33. The fourth-order valence-electron chi connectivity index (χ4n) is 2.33. The molecule has 2 aromatic carbocycles. The van der Waals surface area contributed by atoms with E-state index in [1.807, 2.05) is 0 Å². The number of likely N-dealkylation sites (N-methyl/N-ethyl adjacent to an activating group) is 1. The number of carbonyl (C=O) groups excluding carboxylic acids is 2. The van der Waals surface area contributed by atoms with Gasteiger partial charge in [-0.05, 0) is 48.5 Å². The minimum absolute atomic E-state index is 0.0157. The summed E-state index contributed by atoms with van der Waals surface area (Å²) in [7, 11) is 6.31. The fraction of sp³-hybridized carbons (Fsp3) is 0.391. The maximum Gasteiger partial charge on any atom is 0.193 e. The molecular weight excluding hydrogens is 370 g/mol. The lowest BCUT2D eigenvalue weighted by atomic mass is 9.95. The van der Waals surface area contributed by atoms with Crippen molar-refractivity contribution in [3.05, 3.63) is 59.7 Å². The van der Waals surface area contributed by atoms with E-state index in [0.717, 1.165) is 16.8 Å². The zero-order valence-corrected chi connectivity index (χ0v) is 17.7. The number of carboxylic acids is 1. The van der Waals surface area contributed by atoms with Gasteiger partial charge in [0, 0.05) is 16.5 Å². The number of hydrogen-bond donors (Lipinski definition) is 0. The predicted molar refractivity (Wildman–Crippen MR) is 109 cm³/mol. The third kappa shape index (κ3) is 6.91. The Labute approximate surface area is 172 Å². The van der Waals surface area contributed by atoms with Crippen LogP contribution in [0, 0.1) is 5.41 Å². The van der Waals surface area contributed by atoms with Gasteiger partial charge in [0.1, 0.15) is 24.7 Å². The highest BCUT2D eigenvalue weighted by atomic mass is 16.5. The predicted octanol–water partition coefficient (Wildman–Crippen LogP) is 2.16. The maximum absolute atomic E-state index is 12.7. The van der Waals surface area contributed by atoms with E-state index < -0.39 is 11.4 Å². The second-order valence-electron chi connectivity index (χ2n) is 8.70. The van der Waals surface area contributed by atoms with Crippen molar-refractivity contribution in [1.82, 2.24) is 0 Å². The highest BCUT2D eigenvalue weighted by molar-refractivity contribution is 6.09. The average Bonchev–Trinajstić information content (AvgIpc) is 2.66. The van der Waals surface area contributed by atoms with Crippen LogP contribution in [0.25, 0.3) is 0 Å². The van der Waals surface area contributed by atoms with Crippen LogP contribution in [0.3, 0.4) is 0 Å². The maximum atomic E-state index is 12.7. The van der Waals surface area contributed by atoms with E-state index in [-0.39, 0.29) is 12.4 Å². The van der Waals surface area contributed by atoms with Crippen LogP contribution in [0.2, 0.25) is 0 Å². The number of ketones is 1. The Kier molecular flexibility index (Phi) is 7.03. The average molecular weight is 399 g/mol. The van der Waals surface area contributed by atoms with E-state index in [0.29, 0.717) is 23.5 Å². The number of carboxylic acid groups (broad SMARTS) is 1. The van der Waals surface area contributed by atoms with Crippen molar-refractivity contribution in [2.75, 3.05) is 40.9 Å². The smallest absolute Gasteiger partial charge is 0.193 e. The molecule has 29 heavy (non-hydrogen) atoms. The molecule has 0 fully saturated rings. The van der Waals surface area contributed by atoms with Gasteiger partial charge in [-0.2, -0.15) is 0 Å². The molecule has 0 unspecified atom stereocenters. The van der Waals surface area contributed by atoms with Gasteiger partial charge in [0.2, 0.25) is 0 Å². The second kappa shape index (κ2) is 9.09. The number of aliphatic carboxylic acids is 1. The highest BCUT2D eigenvalue weighted by Crippen LogP contribution is 2.21. The number of hydrogen-bond acceptors (Lipinski definition) is 5. The molecule has 0 aliphatic rings. The molecule has 0 bridgehead atoms. The van der Waals surface area contributed by atoms with Gasteiger partial charge in [0.05, 0.1) is 33.7 Å². The minimum Gasteiger partial charge on any atom is -0.549 e. The van der Waals surface area contributed by atoms with Gasteiger partial charge in [0.15, 0.2) is 5.78 Å². The van der Waals surface area contributed by atoms with Gasteiger partial charge >= 0.3 is 0 Å². The topological polar surface area (TPSA) is 75.7 Å². The Morgan fingerprint density at radius 2 is 1.31 bits per heavy atom. The van der Waals surface area contributed by atoms with Crippen LogP contribution in [-0.2, 0) is 4.79 Å². The zero-order valence-electron chi connectivity index (χ0n) is 17.7. The van der Waals surface area contributed by atoms with Gasteiger partial charge in [-0.15, -0.1) is 0 Å². The molecule has 0 aliphatic heterocycles. The number of quaternary nitrogens is 1. The lowest BCUT2D eigenvalue weighted by Gasteiger charge is -2.25. The Bertz CT molecular complexity index is 833. The Balaban J connectivity index is 1.95. The van der Waals surface area contributed by atoms with Crippen molar-refractivity contribution in [2.24, 2.45) is 5.41 Å². The third-order valence-corrected chi connectivity index (χ3v) is 4.42. The number of benzene rings is 2. The summed E-state index contributed by atoms with van der Waals surface area (Å²) in [5.41, 5.74) is -0.00424. The van der Waals surface area contributed by atoms with E-state index >= 15 is 0 Å². The van der Waals surface area contributed by atoms with Crippen molar-refractivity contribution in [2.45, 2.75) is 13.8 Å². The first-order valence-electron chi connectivity index (χ1n) is 9.50. The molecule has 0 saturated carbocycles. The molecule has 0 aromatic heterocycles. The summed E-state index contributed by atoms with van der Waals surface area (Å²) < 4.78 is 12.0. The summed E-state index contributed by atoms with van der Waals surface area (Å²) in [6.07, 6.45) is 0.